The van der Waals surface area contributed by atoms with E-state index in [9.17, 15) is 18.4 Å². The molecule has 10 heteroatoms. The van der Waals surface area contributed by atoms with Crippen molar-refractivity contribution < 1.29 is 27.8 Å². The zero-order chi connectivity index (χ0) is 21.7. The fraction of sp³-hybridized carbons (Fsp3) is 0.250. The summed E-state index contributed by atoms with van der Waals surface area (Å²) < 4.78 is 35.3. The molecule has 156 valence electrons. The number of anilines is 1. The number of nitriles is 1. The van der Waals surface area contributed by atoms with Gasteiger partial charge >= 0.3 is 6.61 Å². The number of benzene rings is 2. The Balaban J connectivity index is 1.82. The topological polar surface area (TPSA) is 91.7 Å². The third-order valence-corrected chi connectivity index (χ3v) is 5.38. The number of nitrogens with one attached hydrogen (secondary N) is 1. The Morgan fingerprint density at radius 3 is 2.63 bits per heavy atom. The molecular formula is C20H17F2N3O4S. The first-order chi connectivity index (χ1) is 14.4. The zero-order valence-electron chi connectivity index (χ0n) is 15.8. The summed E-state index contributed by atoms with van der Waals surface area (Å²) >= 11 is 1.37. The summed E-state index contributed by atoms with van der Waals surface area (Å²) in [6.45, 7) is -3.14. The molecule has 1 aliphatic rings. The molecule has 1 N–H and O–H groups in total. The van der Waals surface area contributed by atoms with E-state index >= 15 is 0 Å². The van der Waals surface area contributed by atoms with Gasteiger partial charge in [0.2, 0.25) is 5.91 Å². The number of halogens is 2. The summed E-state index contributed by atoms with van der Waals surface area (Å²) in [6.07, 6.45) is 0. The van der Waals surface area contributed by atoms with Crippen molar-refractivity contribution in [3.05, 3.63) is 53.6 Å². The van der Waals surface area contributed by atoms with Crippen molar-refractivity contribution in [1.29, 1.82) is 5.26 Å². The van der Waals surface area contributed by atoms with Crippen LogP contribution in [-0.2, 0) is 4.79 Å². The van der Waals surface area contributed by atoms with E-state index in [1.807, 2.05) is 6.07 Å². The summed E-state index contributed by atoms with van der Waals surface area (Å²) in [5, 5.41) is 11.6. The van der Waals surface area contributed by atoms with Crippen LogP contribution in [0.5, 0.6) is 11.5 Å². The molecule has 2 aromatic rings. The Bertz CT molecular complexity index is 979. The lowest BCUT2D eigenvalue weighted by molar-refractivity contribution is -0.119. The molecule has 3 rings (SSSR count). The van der Waals surface area contributed by atoms with Crippen LogP contribution in [0.1, 0.15) is 15.9 Å². The molecule has 0 spiro atoms. The highest BCUT2D eigenvalue weighted by molar-refractivity contribution is 7.99. The molecule has 2 aromatic carbocycles. The fourth-order valence-corrected chi connectivity index (χ4v) is 4.08. The molecule has 1 fully saturated rings. The second-order valence-electron chi connectivity index (χ2n) is 6.18. The SMILES string of the molecule is COc1cccc(C(=O)N2CSCC2C(=O)Nc2ccc(C#N)cc2)c1OC(F)F. The number of hydrogen-bond acceptors (Lipinski definition) is 6. The molecule has 30 heavy (non-hydrogen) atoms. The first-order valence-corrected chi connectivity index (χ1v) is 9.91. The van der Waals surface area contributed by atoms with E-state index in [0.29, 0.717) is 17.0 Å². The van der Waals surface area contributed by atoms with Crippen molar-refractivity contribution in [3.8, 4) is 17.6 Å². The monoisotopic (exact) mass is 433 g/mol. The maximum atomic E-state index is 13.1. The summed E-state index contributed by atoms with van der Waals surface area (Å²) in [5.41, 5.74) is 0.811. The van der Waals surface area contributed by atoms with Crippen molar-refractivity contribution in [2.45, 2.75) is 12.7 Å². The lowest BCUT2D eigenvalue weighted by Gasteiger charge is -2.24. The van der Waals surface area contributed by atoms with Crippen molar-refractivity contribution in [2.75, 3.05) is 24.1 Å². The van der Waals surface area contributed by atoms with Crippen LogP contribution in [0, 0.1) is 11.3 Å². The van der Waals surface area contributed by atoms with Gasteiger partial charge in [0.05, 0.1) is 30.2 Å². The van der Waals surface area contributed by atoms with Gasteiger partial charge in [-0.2, -0.15) is 14.0 Å². The lowest BCUT2D eigenvalue weighted by atomic mass is 10.1. The van der Waals surface area contributed by atoms with Gasteiger partial charge in [-0.15, -0.1) is 11.8 Å². The predicted octanol–water partition coefficient (Wildman–Crippen LogP) is 3.32. The molecule has 0 bridgehead atoms. The molecule has 0 radical (unpaired) electrons. The van der Waals surface area contributed by atoms with Crippen LogP contribution in [0.15, 0.2) is 42.5 Å². The average molecular weight is 433 g/mol. The minimum atomic E-state index is -3.14. The summed E-state index contributed by atoms with van der Waals surface area (Å²) in [6, 6.07) is 11.7. The molecular weight excluding hydrogens is 416 g/mol. The third-order valence-electron chi connectivity index (χ3n) is 4.36. The van der Waals surface area contributed by atoms with Crippen molar-refractivity contribution >= 4 is 29.3 Å². The summed E-state index contributed by atoms with van der Waals surface area (Å²) in [7, 11) is 1.28. The van der Waals surface area contributed by atoms with E-state index in [4.69, 9.17) is 10.00 Å². The number of para-hydroxylation sites is 1. The number of methoxy groups -OCH3 is 1. The Kier molecular flexibility index (Phi) is 6.74. The zero-order valence-corrected chi connectivity index (χ0v) is 16.6. The normalized spacial score (nSPS) is 15.6. The van der Waals surface area contributed by atoms with Gasteiger partial charge in [0.15, 0.2) is 11.5 Å². The quantitative estimate of drug-likeness (QED) is 0.752. The third kappa shape index (κ3) is 4.63. The Labute approximate surface area is 175 Å². The van der Waals surface area contributed by atoms with Gasteiger partial charge in [-0.1, -0.05) is 6.07 Å². The molecule has 7 nitrogen and oxygen atoms in total. The second-order valence-corrected chi connectivity index (χ2v) is 7.18. The Morgan fingerprint density at radius 2 is 2.00 bits per heavy atom. The number of rotatable bonds is 6. The van der Waals surface area contributed by atoms with E-state index in [2.05, 4.69) is 10.1 Å². The van der Waals surface area contributed by atoms with E-state index in [1.54, 1.807) is 24.3 Å². The van der Waals surface area contributed by atoms with Gasteiger partial charge in [0, 0.05) is 11.4 Å². The highest BCUT2D eigenvalue weighted by Crippen LogP contribution is 2.35. The molecule has 0 aliphatic carbocycles. The van der Waals surface area contributed by atoms with Crippen LogP contribution >= 0.6 is 11.8 Å². The molecule has 1 aliphatic heterocycles. The van der Waals surface area contributed by atoms with Crippen LogP contribution in [-0.4, -0.2) is 48.1 Å². The predicted molar refractivity (Wildman–Crippen MR) is 107 cm³/mol. The number of amides is 2. The highest BCUT2D eigenvalue weighted by atomic mass is 32.2. The standard InChI is InChI=1S/C20H17F2N3O4S/c1-28-16-4-2-3-14(17(16)29-20(21)22)19(27)25-11-30-10-15(25)18(26)24-13-7-5-12(9-23)6-8-13/h2-8,15,20H,10-11H2,1H3,(H,24,26). The van der Waals surface area contributed by atoms with Gasteiger partial charge in [0.25, 0.3) is 5.91 Å². The molecule has 1 atom stereocenters. The molecule has 2 amide bonds. The minimum absolute atomic E-state index is 0.00779. The molecule has 1 heterocycles. The number of carbonyl (C=O) groups excluding carboxylic acids is 2. The first-order valence-electron chi connectivity index (χ1n) is 8.76. The first kappa shape index (κ1) is 21.4. The Hall–Kier alpha value is -3.32. The number of nitrogens with zero attached hydrogens (tertiary/aromatic N) is 2. The maximum absolute atomic E-state index is 13.1. The van der Waals surface area contributed by atoms with Gasteiger partial charge in [-0.25, -0.2) is 0 Å². The number of ether oxygens (including phenoxy) is 2. The largest absolute Gasteiger partial charge is 0.493 e. The lowest BCUT2D eigenvalue weighted by Crippen LogP contribution is -2.44. The number of carbonyl (C=O) groups is 2. The molecule has 1 saturated heterocycles. The minimum Gasteiger partial charge on any atom is -0.493 e. The van der Waals surface area contributed by atoms with Crippen LogP contribution < -0.4 is 14.8 Å². The van der Waals surface area contributed by atoms with Crippen LogP contribution in [0.2, 0.25) is 0 Å². The number of alkyl halides is 2. The molecule has 0 aromatic heterocycles. The molecule has 1 unspecified atom stereocenters. The smallest absolute Gasteiger partial charge is 0.387 e. The van der Waals surface area contributed by atoms with Gasteiger partial charge < -0.3 is 19.7 Å². The molecule has 0 saturated carbocycles. The van der Waals surface area contributed by atoms with Crippen LogP contribution in [0.25, 0.3) is 0 Å². The van der Waals surface area contributed by atoms with Gasteiger partial charge in [-0.3, -0.25) is 9.59 Å². The summed E-state index contributed by atoms with van der Waals surface area (Å²) in [5.74, 6) is -0.847. The number of hydrogen-bond donors (Lipinski definition) is 1. The van der Waals surface area contributed by atoms with Crippen molar-refractivity contribution in [2.24, 2.45) is 0 Å². The van der Waals surface area contributed by atoms with E-state index < -0.39 is 24.5 Å². The maximum Gasteiger partial charge on any atom is 0.387 e. The van der Waals surface area contributed by atoms with Crippen molar-refractivity contribution in [3.63, 3.8) is 0 Å². The van der Waals surface area contributed by atoms with E-state index in [0.717, 1.165) is 0 Å². The second kappa shape index (κ2) is 9.45. The highest BCUT2D eigenvalue weighted by Gasteiger charge is 2.37. The Morgan fingerprint density at radius 1 is 1.27 bits per heavy atom. The fourth-order valence-electron chi connectivity index (χ4n) is 2.92. The number of thioether (sulfide) groups is 1. The van der Waals surface area contributed by atoms with E-state index in [-0.39, 0.29) is 22.9 Å². The van der Waals surface area contributed by atoms with Gasteiger partial charge in [-0.05, 0) is 36.4 Å². The average Bonchev–Trinajstić information content (AvgIpc) is 3.23. The van der Waals surface area contributed by atoms with Crippen LogP contribution in [0.3, 0.4) is 0 Å². The van der Waals surface area contributed by atoms with E-state index in [1.165, 1.54) is 42.0 Å². The van der Waals surface area contributed by atoms with Gasteiger partial charge in [0.1, 0.15) is 6.04 Å². The van der Waals surface area contributed by atoms with Crippen molar-refractivity contribution in [1.82, 2.24) is 4.90 Å². The summed E-state index contributed by atoms with van der Waals surface area (Å²) in [4.78, 5) is 27.1. The van der Waals surface area contributed by atoms with Crippen LogP contribution in [0.4, 0.5) is 14.5 Å².